The molecule has 0 N–H and O–H groups in total. The molecular weight excluding hydrogens is 232 g/mol. The van der Waals surface area contributed by atoms with Gasteiger partial charge in [0.1, 0.15) is 0 Å². The Balaban J connectivity index is 2.28. The van der Waals surface area contributed by atoms with Gasteiger partial charge in [0.15, 0.2) is 0 Å². The highest BCUT2D eigenvalue weighted by Crippen LogP contribution is 2.28. The Hall–Kier alpha value is -1.06. The summed E-state index contributed by atoms with van der Waals surface area (Å²) in [4.78, 5) is 23.6. The van der Waals surface area contributed by atoms with Crippen LogP contribution in [-0.4, -0.2) is 0 Å². The molecule has 0 spiro atoms. The summed E-state index contributed by atoms with van der Waals surface area (Å²) in [6, 6.07) is 7.15. The van der Waals surface area contributed by atoms with Crippen molar-refractivity contribution in [2.24, 2.45) is 0 Å². The second kappa shape index (κ2) is 3.83. The van der Waals surface area contributed by atoms with Gasteiger partial charge < -0.3 is 0 Å². The highest BCUT2D eigenvalue weighted by Gasteiger charge is 2.17. The van der Waals surface area contributed by atoms with E-state index in [4.69, 9.17) is 11.6 Å². The van der Waals surface area contributed by atoms with E-state index in [1.165, 1.54) is 11.8 Å². The molecule has 0 atom stereocenters. The molecule has 0 saturated heterocycles. The van der Waals surface area contributed by atoms with Crippen molar-refractivity contribution in [3.63, 3.8) is 0 Å². The molecule has 15 heavy (non-hydrogen) atoms. The van der Waals surface area contributed by atoms with Gasteiger partial charge in [0, 0.05) is 15.5 Å². The SMILES string of the molecule is Cc1c(Sc2ccc(Cl)cc2)c(=O)c1=O. The zero-order chi connectivity index (χ0) is 11.0. The topological polar surface area (TPSA) is 34.1 Å². The molecule has 0 saturated carbocycles. The van der Waals surface area contributed by atoms with Gasteiger partial charge in [-0.3, -0.25) is 9.59 Å². The summed E-state index contributed by atoms with van der Waals surface area (Å²) >= 11 is 7.04. The van der Waals surface area contributed by atoms with Crippen LogP contribution in [0, 0.1) is 6.92 Å². The first kappa shape index (κ1) is 10.5. The molecule has 0 heterocycles. The van der Waals surface area contributed by atoms with E-state index in [1.807, 2.05) is 12.1 Å². The standard InChI is InChI=1S/C11H7ClO2S/c1-6-9(13)10(14)11(6)15-8-4-2-7(12)3-5-8/h2-5H,1H3. The van der Waals surface area contributed by atoms with E-state index < -0.39 is 0 Å². The predicted octanol–water partition coefficient (Wildman–Crippen LogP) is 2.40. The van der Waals surface area contributed by atoms with Crippen molar-refractivity contribution in [1.82, 2.24) is 0 Å². The average Bonchev–Trinajstić information content (AvgIpc) is 2.27. The van der Waals surface area contributed by atoms with Gasteiger partial charge in [0.2, 0.25) is 10.9 Å². The lowest BCUT2D eigenvalue weighted by Crippen LogP contribution is -2.35. The Kier molecular flexibility index (Phi) is 2.67. The van der Waals surface area contributed by atoms with Crippen molar-refractivity contribution in [3.05, 3.63) is 55.3 Å². The van der Waals surface area contributed by atoms with Crippen molar-refractivity contribution >= 4 is 23.4 Å². The quantitative estimate of drug-likeness (QED) is 0.754. The summed E-state index contributed by atoms with van der Waals surface area (Å²) in [6.45, 7) is 1.67. The Morgan fingerprint density at radius 3 is 2.20 bits per heavy atom. The molecule has 76 valence electrons. The lowest BCUT2D eigenvalue weighted by Gasteiger charge is -2.05. The first-order valence-electron chi connectivity index (χ1n) is 4.33. The van der Waals surface area contributed by atoms with Gasteiger partial charge in [-0.1, -0.05) is 23.4 Å². The van der Waals surface area contributed by atoms with E-state index in [0.717, 1.165) is 4.90 Å². The summed E-state index contributed by atoms with van der Waals surface area (Å²) in [7, 11) is 0. The minimum absolute atomic E-state index is 0.369. The van der Waals surface area contributed by atoms with Crippen LogP contribution in [0.4, 0.5) is 0 Å². The van der Waals surface area contributed by atoms with E-state index in [2.05, 4.69) is 0 Å². The summed E-state index contributed by atoms with van der Waals surface area (Å²) < 4.78 is 0. The molecule has 0 fully saturated rings. The van der Waals surface area contributed by atoms with Gasteiger partial charge >= 0.3 is 0 Å². The maximum atomic E-state index is 11.2. The molecule has 4 heteroatoms. The Labute approximate surface area is 95.6 Å². The zero-order valence-corrected chi connectivity index (χ0v) is 9.48. The second-order valence-corrected chi connectivity index (χ2v) is 4.69. The Morgan fingerprint density at radius 1 is 1.07 bits per heavy atom. The van der Waals surface area contributed by atoms with Crippen molar-refractivity contribution in [3.8, 4) is 0 Å². The number of rotatable bonds is 2. The van der Waals surface area contributed by atoms with Crippen molar-refractivity contribution in [1.29, 1.82) is 0 Å². The van der Waals surface area contributed by atoms with Crippen LogP contribution in [0.15, 0.2) is 43.6 Å². The van der Waals surface area contributed by atoms with Gasteiger partial charge in [0.25, 0.3) is 0 Å². The number of halogens is 1. The van der Waals surface area contributed by atoms with Gasteiger partial charge in [-0.05, 0) is 31.2 Å². The maximum Gasteiger partial charge on any atom is 0.240 e. The third-order valence-corrected chi connectivity index (χ3v) is 3.58. The molecule has 2 rings (SSSR count). The van der Waals surface area contributed by atoms with Crippen LogP contribution in [0.3, 0.4) is 0 Å². The highest BCUT2D eigenvalue weighted by atomic mass is 35.5. The minimum Gasteiger partial charge on any atom is -0.285 e. The van der Waals surface area contributed by atoms with Crippen LogP contribution in [0.2, 0.25) is 5.02 Å². The molecular formula is C11H7ClO2S. The van der Waals surface area contributed by atoms with E-state index in [0.29, 0.717) is 15.5 Å². The largest absolute Gasteiger partial charge is 0.285 e. The molecule has 0 radical (unpaired) electrons. The van der Waals surface area contributed by atoms with Crippen LogP contribution >= 0.6 is 23.4 Å². The van der Waals surface area contributed by atoms with Gasteiger partial charge in [-0.15, -0.1) is 0 Å². The molecule has 0 aliphatic heterocycles. The van der Waals surface area contributed by atoms with Crippen LogP contribution in [-0.2, 0) is 0 Å². The van der Waals surface area contributed by atoms with E-state index >= 15 is 0 Å². The van der Waals surface area contributed by atoms with Crippen LogP contribution in [0.5, 0.6) is 0 Å². The summed E-state index contributed by atoms with van der Waals surface area (Å²) in [5.74, 6) is 0. The van der Waals surface area contributed by atoms with Crippen LogP contribution < -0.4 is 10.9 Å². The average molecular weight is 239 g/mol. The lowest BCUT2D eigenvalue weighted by atomic mass is 10.2. The van der Waals surface area contributed by atoms with E-state index in [9.17, 15) is 9.59 Å². The molecule has 0 unspecified atom stereocenters. The molecule has 0 aromatic heterocycles. The fraction of sp³-hybridized carbons (Fsp3) is 0.0909. The summed E-state index contributed by atoms with van der Waals surface area (Å²) in [5.41, 5.74) is -0.195. The van der Waals surface area contributed by atoms with Crippen LogP contribution in [0.25, 0.3) is 0 Å². The first-order valence-corrected chi connectivity index (χ1v) is 5.52. The van der Waals surface area contributed by atoms with Gasteiger partial charge in [-0.2, -0.15) is 0 Å². The molecule has 2 aromatic rings. The number of hydrogen-bond donors (Lipinski definition) is 0. The third kappa shape index (κ3) is 1.85. The predicted molar refractivity (Wildman–Crippen MR) is 61.7 cm³/mol. The summed E-state index contributed by atoms with van der Waals surface area (Å²) in [6.07, 6.45) is 0. The molecule has 0 aliphatic carbocycles. The molecule has 0 amide bonds. The minimum atomic E-state index is -0.382. The van der Waals surface area contributed by atoms with Crippen molar-refractivity contribution < 1.29 is 0 Å². The number of benzene rings is 1. The highest BCUT2D eigenvalue weighted by molar-refractivity contribution is 7.99. The molecule has 0 aliphatic rings. The smallest absolute Gasteiger partial charge is 0.240 e. The van der Waals surface area contributed by atoms with Crippen LogP contribution in [0.1, 0.15) is 5.56 Å². The zero-order valence-electron chi connectivity index (χ0n) is 7.91. The second-order valence-electron chi connectivity index (χ2n) is 3.17. The van der Waals surface area contributed by atoms with Crippen molar-refractivity contribution in [2.75, 3.05) is 0 Å². The Bertz CT molecular complexity index is 565. The van der Waals surface area contributed by atoms with Crippen molar-refractivity contribution in [2.45, 2.75) is 16.7 Å². The molecule has 0 bridgehead atoms. The first-order chi connectivity index (χ1) is 7.09. The summed E-state index contributed by atoms with van der Waals surface area (Å²) in [5, 5.41) is 0.654. The van der Waals surface area contributed by atoms with E-state index in [1.54, 1.807) is 19.1 Å². The van der Waals surface area contributed by atoms with E-state index in [-0.39, 0.29) is 10.9 Å². The van der Waals surface area contributed by atoms with Gasteiger partial charge in [-0.25, -0.2) is 0 Å². The fourth-order valence-electron chi connectivity index (χ4n) is 1.23. The van der Waals surface area contributed by atoms with Gasteiger partial charge in [0.05, 0.1) is 4.90 Å². The maximum absolute atomic E-state index is 11.2. The Morgan fingerprint density at radius 2 is 1.67 bits per heavy atom. The lowest BCUT2D eigenvalue weighted by molar-refractivity contribution is 1.11. The normalized spacial score (nSPS) is 10.8. The monoisotopic (exact) mass is 238 g/mol. The third-order valence-electron chi connectivity index (χ3n) is 2.13. The fourth-order valence-corrected chi connectivity index (χ4v) is 2.29. The number of hydrogen-bond acceptors (Lipinski definition) is 3. The molecule has 2 nitrogen and oxygen atoms in total. The molecule has 2 aromatic carbocycles.